The van der Waals surface area contributed by atoms with Crippen molar-refractivity contribution in [1.29, 1.82) is 0 Å². The van der Waals surface area contributed by atoms with Gasteiger partial charge in [-0.25, -0.2) is 9.78 Å². The normalized spacial score (nSPS) is 24.7. The number of carbonyl (C=O) groups is 2. The van der Waals surface area contributed by atoms with Gasteiger partial charge in [-0.1, -0.05) is 0 Å². The van der Waals surface area contributed by atoms with Crippen LogP contribution < -0.4 is 0 Å². The lowest BCUT2D eigenvalue weighted by molar-refractivity contribution is -0.140. The number of piperidine rings is 2. The summed E-state index contributed by atoms with van der Waals surface area (Å²) in [6.07, 6.45) is 4.87. The summed E-state index contributed by atoms with van der Waals surface area (Å²) in [7, 11) is 1.31. The lowest BCUT2D eigenvalue weighted by Crippen LogP contribution is -2.54. The van der Waals surface area contributed by atoms with Crippen molar-refractivity contribution < 1.29 is 23.8 Å². The van der Waals surface area contributed by atoms with Crippen LogP contribution in [-0.2, 0) is 16.1 Å². The lowest BCUT2D eigenvalue weighted by atomic mass is 9.73. The number of methoxy groups -OCH3 is 1. The van der Waals surface area contributed by atoms with Gasteiger partial charge in [0.15, 0.2) is 5.69 Å². The number of hydrogen-bond acceptors (Lipinski definition) is 7. The largest absolute Gasteiger partial charge is 0.464 e. The standard InChI is InChI=1S/C17H25N3O5/c1-24-16(23)13-10-25-14(18-13)9-19-6-2-4-17(11-19)5-3-15(22)20(12-17)7-8-21/h10,21H,2-9,11-12H2,1H3. The zero-order valence-corrected chi connectivity index (χ0v) is 14.6. The van der Waals surface area contributed by atoms with Crippen LogP contribution in [0.4, 0.5) is 0 Å². The molecule has 1 N–H and O–H groups in total. The van der Waals surface area contributed by atoms with Crippen LogP contribution in [0.15, 0.2) is 10.7 Å². The Hall–Kier alpha value is -1.93. The monoisotopic (exact) mass is 351 g/mol. The van der Waals surface area contributed by atoms with Crippen molar-refractivity contribution in [2.75, 3.05) is 39.9 Å². The minimum absolute atomic E-state index is 0.00183. The van der Waals surface area contributed by atoms with E-state index in [1.165, 1.54) is 13.4 Å². The fourth-order valence-electron chi connectivity index (χ4n) is 3.98. The molecule has 1 unspecified atom stereocenters. The van der Waals surface area contributed by atoms with E-state index in [9.17, 15) is 14.7 Å². The summed E-state index contributed by atoms with van der Waals surface area (Å²) in [5.74, 6) is 0.124. The molecule has 1 atom stereocenters. The first-order valence-electron chi connectivity index (χ1n) is 8.69. The molecule has 0 aromatic carbocycles. The second-order valence-electron chi connectivity index (χ2n) is 6.97. The molecule has 0 radical (unpaired) electrons. The highest BCUT2D eigenvalue weighted by atomic mass is 16.5. The van der Waals surface area contributed by atoms with E-state index in [0.29, 0.717) is 31.9 Å². The van der Waals surface area contributed by atoms with Crippen LogP contribution in [0.1, 0.15) is 42.1 Å². The van der Waals surface area contributed by atoms with Gasteiger partial charge >= 0.3 is 5.97 Å². The Morgan fingerprint density at radius 1 is 1.44 bits per heavy atom. The van der Waals surface area contributed by atoms with Gasteiger partial charge in [0.2, 0.25) is 11.8 Å². The molecule has 2 fully saturated rings. The molecule has 2 saturated heterocycles. The van der Waals surface area contributed by atoms with E-state index < -0.39 is 5.97 Å². The maximum Gasteiger partial charge on any atom is 0.360 e. The Morgan fingerprint density at radius 2 is 2.28 bits per heavy atom. The van der Waals surface area contributed by atoms with Crippen LogP contribution in [0.25, 0.3) is 0 Å². The first-order valence-corrected chi connectivity index (χ1v) is 8.69. The number of hydrogen-bond donors (Lipinski definition) is 1. The molecule has 8 nitrogen and oxygen atoms in total. The molecule has 8 heteroatoms. The molecule has 0 aliphatic carbocycles. The number of nitrogens with zero attached hydrogens (tertiary/aromatic N) is 3. The van der Waals surface area contributed by atoms with Crippen LogP contribution >= 0.6 is 0 Å². The Labute approximate surface area is 146 Å². The van der Waals surface area contributed by atoms with Crippen LogP contribution in [0.2, 0.25) is 0 Å². The molecule has 2 aliphatic heterocycles. The van der Waals surface area contributed by atoms with Crippen molar-refractivity contribution in [2.24, 2.45) is 5.41 Å². The van der Waals surface area contributed by atoms with E-state index >= 15 is 0 Å². The fourth-order valence-corrected chi connectivity index (χ4v) is 3.98. The van der Waals surface area contributed by atoms with Gasteiger partial charge in [0, 0.05) is 31.5 Å². The number of rotatable bonds is 5. The van der Waals surface area contributed by atoms with E-state index in [4.69, 9.17) is 4.42 Å². The van der Waals surface area contributed by atoms with E-state index in [0.717, 1.165) is 32.4 Å². The molecule has 3 heterocycles. The number of aliphatic hydroxyl groups excluding tert-OH is 1. The number of amides is 1. The zero-order chi connectivity index (χ0) is 17.9. The van der Waals surface area contributed by atoms with Crippen molar-refractivity contribution in [1.82, 2.24) is 14.8 Å². The first kappa shape index (κ1) is 17.9. The lowest BCUT2D eigenvalue weighted by Gasteiger charge is -2.48. The molecule has 3 rings (SSSR count). The fraction of sp³-hybridized carbons (Fsp3) is 0.706. The predicted octanol–water partition coefficient (Wildman–Crippen LogP) is 0.658. The van der Waals surface area contributed by atoms with Gasteiger partial charge in [0.25, 0.3) is 0 Å². The highest BCUT2D eigenvalue weighted by Gasteiger charge is 2.41. The Balaban J connectivity index is 1.64. The molecule has 1 aromatic heterocycles. The average Bonchev–Trinajstić information content (AvgIpc) is 3.07. The van der Waals surface area contributed by atoms with Gasteiger partial charge in [0.05, 0.1) is 20.3 Å². The van der Waals surface area contributed by atoms with E-state index in [-0.39, 0.29) is 23.6 Å². The topological polar surface area (TPSA) is 96.1 Å². The van der Waals surface area contributed by atoms with E-state index in [1.54, 1.807) is 4.90 Å². The third-order valence-electron chi connectivity index (χ3n) is 5.16. The predicted molar refractivity (Wildman–Crippen MR) is 87.7 cm³/mol. The minimum Gasteiger partial charge on any atom is -0.464 e. The molecule has 1 aromatic rings. The number of oxazole rings is 1. The molecule has 1 amide bonds. The molecule has 25 heavy (non-hydrogen) atoms. The SMILES string of the molecule is COC(=O)c1coc(CN2CCCC3(CCC(=O)N(CCO)C3)C2)n1. The highest BCUT2D eigenvalue weighted by Crippen LogP contribution is 2.39. The van der Waals surface area contributed by atoms with Gasteiger partial charge < -0.3 is 19.2 Å². The second-order valence-corrected chi connectivity index (χ2v) is 6.97. The van der Waals surface area contributed by atoms with E-state index in [2.05, 4.69) is 14.6 Å². The first-order chi connectivity index (χ1) is 12.0. The van der Waals surface area contributed by atoms with Crippen molar-refractivity contribution in [3.05, 3.63) is 17.8 Å². The maximum atomic E-state index is 12.0. The van der Waals surface area contributed by atoms with Crippen molar-refractivity contribution >= 4 is 11.9 Å². The third-order valence-corrected chi connectivity index (χ3v) is 5.16. The average molecular weight is 351 g/mol. The van der Waals surface area contributed by atoms with Crippen LogP contribution in [-0.4, -0.2) is 71.7 Å². The molecule has 0 bridgehead atoms. The molecule has 138 valence electrons. The summed E-state index contributed by atoms with van der Waals surface area (Å²) in [5, 5.41) is 9.17. The van der Waals surface area contributed by atoms with Crippen LogP contribution in [0.5, 0.6) is 0 Å². The quantitative estimate of drug-likeness (QED) is 0.778. The number of aliphatic hydroxyl groups is 1. The zero-order valence-electron chi connectivity index (χ0n) is 14.6. The number of esters is 1. The number of aromatic nitrogens is 1. The summed E-state index contributed by atoms with van der Waals surface area (Å²) in [4.78, 5) is 31.7. The third kappa shape index (κ3) is 4.01. The van der Waals surface area contributed by atoms with Crippen LogP contribution in [0.3, 0.4) is 0 Å². The summed E-state index contributed by atoms with van der Waals surface area (Å²) in [5.41, 5.74) is 0.251. The minimum atomic E-state index is -0.504. The summed E-state index contributed by atoms with van der Waals surface area (Å²) in [6.45, 7) is 3.43. The summed E-state index contributed by atoms with van der Waals surface area (Å²) < 4.78 is 10.0. The van der Waals surface area contributed by atoms with Crippen molar-refractivity contribution in [3.8, 4) is 0 Å². The maximum absolute atomic E-state index is 12.0. The molecule has 1 spiro atoms. The number of ether oxygens (including phenoxy) is 1. The van der Waals surface area contributed by atoms with Gasteiger partial charge in [-0.3, -0.25) is 9.69 Å². The van der Waals surface area contributed by atoms with E-state index in [1.807, 2.05) is 0 Å². The Bertz CT molecular complexity index is 632. The number of β-amino-alcohol motifs (C(OH)–C–C–N with tert-alkyl or cyclic N) is 1. The molecular formula is C17H25N3O5. The van der Waals surface area contributed by atoms with Crippen molar-refractivity contribution in [3.63, 3.8) is 0 Å². The molecule has 0 saturated carbocycles. The van der Waals surface area contributed by atoms with Gasteiger partial charge in [-0.05, 0) is 25.8 Å². The number of likely N-dealkylation sites (tertiary alicyclic amines) is 2. The Morgan fingerprint density at radius 3 is 3.04 bits per heavy atom. The van der Waals surface area contributed by atoms with Gasteiger partial charge in [0.1, 0.15) is 6.26 Å². The van der Waals surface area contributed by atoms with Gasteiger partial charge in [-0.15, -0.1) is 0 Å². The Kier molecular flexibility index (Phi) is 5.39. The molecular weight excluding hydrogens is 326 g/mol. The van der Waals surface area contributed by atoms with Gasteiger partial charge in [-0.2, -0.15) is 0 Å². The van der Waals surface area contributed by atoms with Crippen molar-refractivity contribution in [2.45, 2.75) is 32.2 Å². The summed E-state index contributed by atoms with van der Waals surface area (Å²) >= 11 is 0. The number of carbonyl (C=O) groups excluding carboxylic acids is 2. The summed E-state index contributed by atoms with van der Waals surface area (Å²) in [6, 6.07) is 0. The molecule has 2 aliphatic rings. The highest BCUT2D eigenvalue weighted by molar-refractivity contribution is 5.86. The smallest absolute Gasteiger partial charge is 0.360 e. The van der Waals surface area contributed by atoms with Crippen LogP contribution in [0, 0.1) is 5.41 Å². The second kappa shape index (κ2) is 7.53.